The molecule has 0 atom stereocenters. The number of ether oxygens (including phenoxy) is 3. The normalized spacial score (nSPS) is 10.4. The van der Waals surface area contributed by atoms with E-state index in [2.05, 4.69) is 30.9 Å². The van der Waals surface area contributed by atoms with Gasteiger partial charge in [-0.3, -0.25) is 4.79 Å². The highest BCUT2D eigenvalue weighted by atomic mass is 35.5. The maximum Gasteiger partial charge on any atom is 0.255 e. The van der Waals surface area contributed by atoms with Gasteiger partial charge >= 0.3 is 0 Å². The fourth-order valence-corrected chi connectivity index (χ4v) is 3.73. The third-order valence-electron chi connectivity index (χ3n) is 5.34. The molecule has 3 aromatic carbocycles. The predicted octanol–water partition coefficient (Wildman–Crippen LogP) is 5.60. The summed E-state index contributed by atoms with van der Waals surface area (Å²) in [6.45, 7) is 1.88. The Labute approximate surface area is 219 Å². The molecule has 0 aliphatic heterocycles. The first kappa shape index (κ1) is 25.5. The van der Waals surface area contributed by atoms with E-state index in [1.807, 2.05) is 13.0 Å². The van der Waals surface area contributed by atoms with Crippen LogP contribution in [0.25, 0.3) is 0 Å². The molecule has 1 aromatic heterocycles. The van der Waals surface area contributed by atoms with Crippen LogP contribution < -0.4 is 30.2 Å². The van der Waals surface area contributed by atoms with E-state index in [1.54, 1.807) is 48.5 Å². The lowest BCUT2D eigenvalue weighted by molar-refractivity contribution is 0.102. The summed E-state index contributed by atoms with van der Waals surface area (Å²) in [6, 6.07) is 15.9. The van der Waals surface area contributed by atoms with Gasteiger partial charge in [0, 0.05) is 29.1 Å². The summed E-state index contributed by atoms with van der Waals surface area (Å²) in [6.07, 6.45) is 1.38. The molecule has 190 valence electrons. The summed E-state index contributed by atoms with van der Waals surface area (Å²) in [5.41, 5.74) is 3.17. The van der Waals surface area contributed by atoms with E-state index in [9.17, 15) is 4.79 Å². The number of aromatic nitrogens is 3. The number of nitrogens with one attached hydrogen (secondary N) is 3. The minimum Gasteiger partial charge on any atom is -0.493 e. The number of amides is 1. The van der Waals surface area contributed by atoms with Crippen LogP contribution in [0.2, 0.25) is 5.02 Å². The van der Waals surface area contributed by atoms with Gasteiger partial charge in [-0.1, -0.05) is 29.8 Å². The Morgan fingerprint density at radius 1 is 0.838 bits per heavy atom. The van der Waals surface area contributed by atoms with Crippen molar-refractivity contribution in [2.75, 3.05) is 37.3 Å². The topological polar surface area (TPSA) is 120 Å². The third-order valence-corrected chi connectivity index (χ3v) is 5.65. The average Bonchev–Trinajstić information content (AvgIpc) is 2.91. The van der Waals surface area contributed by atoms with Crippen LogP contribution in [0.5, 0.6) is 17.2 Å². The van der Waals surface area contributed by atoms with Crippen LogP contribution >= 0.6 is 11.6 Å². The second-order valence-corrected chi connectivity index (χ2v) is 8.17. The Balaban J connectivity index is 1.52. The fourth-order valence-electron chi connectivity index (χ4n) is 3.52. The molecule has 1 heterocycles. The maximum absolute atomic E-state index is 12.5. The van der Waals surface area contributed by atoms with Crippen LogP contribution in [0, 0.1) is 6.92 Å². The summed E-state index contributed by atoms with van der Waals surface area (Å²) < 4.78 is 16.1. The van der Waals surface area contributed by atoms with Gasteiger partial charge < -0.3 is 30.2 Å². The lowest BCUT2D eigenvalue weighted by Crippen LogP contribution is -2.12. The van der Waals surface area contributed by atoms with E-state index < -0.39 is 0 Å². The highest BCUT2D eigenvalue weighted by Gasteiger charge is 2.15. The Morgan fingerprint density at radius 3 is 2.11 bits per heavy atom. The molecule has 0 saturated carbocycles. The molecule has 0 fully saturated rings. The number of carbonyl (C=O) groups is 1. The quantitative estimate of drug-likeness (QED) is 0.259. The van der Waals surface area contributed by atoms with Gasteiger partial charge in [0.15, 0.2) is 11.5 Å². The van der Waals surface area contributed by atoms with Crippen molar-refractivity contribution in [1.29, 1.82) is 0 Å². The van der Waals surface area contributed by atoms with Crippen molar-refractivity contribution in [3.05, 3.63) is 77.1 Å². The number of hydrogen-bond acceptors (Lipinski definition) is 9. The highest BCUT2D eigenvalue weighted by molar-refractivity contribution is 6.34. The highest BCUT2D eigenvalue weighted by Crippen LogP contribution is 2.40. The van der Waals surface area contributed by atoms with Crippen molar-refractivity contribution in [2.24, 2.45) is 0 Å². The van der Waals surface area contributed by atoms with Crippen LogP contribution in [0.15, 0.2) is 60.9 Å². The summed E-state index contributed by atoms with van der Waals surface area (Å²) in [5.74, 6) is 1.79. The number of aryl methyl sites for hydroxylation is 1. The number of benzene rings is 3. The Morgan fingerprint density at radius 2 is 1.49 bits per heavy atom. The molecule has 0 aliphatic carbocycles. The molecule has 0 bridgehead atoms. The molecule has 37 heavy (non-hydrogen) atoms. The van der Waals surface area contributed by atoms with Gasteiger partial charge in [0.2, 0.25) is 17.6 Å². The van der Waals surface area contributed by atoms with Crippen molar-refractivity contribution in [1.82, 2.24) is 15.0 Å². The fraction of sp³-hybridized carbons (Fsp3) is 0.154. The molecule has 3 N–H and O–H groups in total. The van der Waals surface area contributed by atoms with Gasteiger partial charge in [-0.25, -0.2) is 9.97 Å². The molecular formula is C26H25ClN6O4. The zero-order valence-corrected chi connectivity index (χ0v) is 21.4. The number of methoxy groups -OCH3 is 3. The summed E-state index contributed by atoms with van der Waals surface area (Å²) in [4.78, 5) is 25.3. The maximum atomic E-state index is 12.5. The van der Waals surface area contributed by atoms with Crippen LogP contribution in [-0.2, 0) is 0 Å². The Bertz CT molecular complexity index is 1390. The molecule has 4 aromatic rings. The van der Waals surface area contributed by atoms with Crippen molar-refractivity contribution >= 4 is 46.5 Å². The molecule has 0 unspecified atom stereocenters. The molecule has 1 amide bonds. The van der Waals surface area contributed by atoms with E-state index in [1.165, 1.54) is 27.7 Å². The Kier molecular flexibility index (Phi) is 7.89. The number of anilines is 5. The second-order valence-electron chi connectivity index (χ2n) is 7.76. The van der Waals surface area contributed by atoms with Gasteiger partial charge in [0.25, 0.3) is 5.91 Å². The number of halogens is 1. The van der Waals surface area contributed by atoms with E-state index in [-0.39, 0.29) is 5.91 Å². The second kappa shape index (κ2) is 11.4. The number of rotatable bonds is 9. The van der Waals surface area contributed by atoms with Crippen molar-refractivity contribution < 1.29 is 19.0 Å². The SMILES string of the molecule is COc1cc(Nc2ncnc(Nc3cc(Cl)c(NC(=O)c4ccccc4)cc3C)n2)cc(OC)c1OC. The zero-order valence-electron chi connectivity index (χ0n) is 20.6. The first-order valence-corrected chi connectivity index (χ1v) is 11.5. The lowest BCUT2D eigenvalue weighted by atomic mass is 10.1. The third kappa shape index (κ3) is 5.99. The predicted molar refractivity (Wildman–Crippen MR) is 143 cm³/mol. The summed E-state index contributed by atoms with van der Waals surface area (Å²) >= 11 is 6.47. The molecule has 4 rings (SSSR count). The molecule has 0 saturated heterocycles. The number of hydrogen-bond donors (Lipinski definition) is 3. The lowest BCUT2D eigenvalue weighted by Gasteiger charge is -2.15. The molecule has 10 nitrogen and oxygen atoms in total. The van der Waals surface area contributed by atoms with Crippen molar-refractivity contribution in [3.8, 4) is 17.2 Å². The van der Waals surface area contributed by atoms with Crippen LogP contribution in [0.3, 0.4) is 0 Å². The van der Waals surface area contributed by atoms with Gasteiger partial charge in [-0.15, -0.1) is 0 Å². The summed E-state index contributed by atoms with van der Waals surface area (Å²) in [7, 11) is 4.62. The van der Waals surface area contributed by atoms with E-state index >= 15 is 0 Å². The number of nitrogens with zero attached hydrogens (tertiary/aromatic N) is 3. The largest absolute Gasteiger partial charge is 0.493 e. The minimum absolute atomic E-state index is 0.248. The zero-order chi connectivity index (χ0) is 26.4. The average molecular weight is 521 g/mol. The first-order valence-electron chi connectivity index (χ1n) is 11.1. The van der Waals surface area contributed by atoms with Crippen molar-refractivity contribution in [2.45, 2.75) is 6.92 Å². The molecule has 0 aliphatic rings. The standard InChI is InChI=1S/C26H25ClN6O4/c1-15-10-20(31-24(34)16-8-6-5-7-9-16)18(27)13-19(15)32-26-29-14-28-25(33-26)30-17-11-21(35-2)23(37-4)22(12-17)36-3/h5-14H,1-4H3,(H,31,34)(H2,28,29,30,32,33). The monoisotopic (exact) mass is 520 g/mol. The van der Waals surface area contributed by atoms with E-state index in [0.717, 1.165) is 5.56 Å². The van der Waals surface area contributed by atoms with Gasteiger partial charge in [-0.2, -0.15) is 4.98 Å². The van der Waals surface area contributed by atoms with Gasteiger partial charge in [0.05, 0.1) is 32.0 Å². The summed E-state index contributed by atoms with van der Waals surface area (Å²) in [5, 5.41) is 9.46. The molecule has 11 heteroatoms. The molecular weight excluding hydrogens is 496 g/mol. The minimum atomic E-state index is -0.248. The van der Waals surface area contributed by atoms with Crippen LogP contribution in [0.1, 0.15) is 15.9 Å². The Hall–Kier alpha value is -4.57. The van der Waals surface area contributed by atoms with Crippen LogP contribution in [-0.4, -0.2) is 42.2 Å². The van der Waals surface area contributed by atoms with Gasteiger partial charge in [0.1, 0.15) is 6.33 Å². The van der Waals surface area contributed by atoms with Crippen LogP contribution in [0.4, 0.5) is 29.0 Å². The first-order chi connectivity index (χ1) is 17.9. The number of carbonyl (C=O) groups excluding carboxylic acids is 1. The smallest absolute Gasteiger partial charge is 0.255 e. The molecule has 0 radical (unpaired) electrons. The van der Waals surface area contributed by atoms with E-state index in [4.69, 9.17) is 25.8 Å². The van der Waals surface area contributed by atoms with Crippen molar-refractivity contribution in [3.63, 3.8) is 0 Å². The van der Waals surface area contributed by atoms with Gasteiger partial charge in [-0.05, 0) is 36.8 Å². The van der Waals surface area contributed by atoms with E-state index in [0.29, 0.717) is 56.8 Å². The molecule has 0 spiro atoms.